The van der Waals surface area contributed by atoms with Gasteiger partial charge >= 0.3 is 6.03 Å². The van der Waals surface area contributed by atoms with Crippen LogP contribution in [0.25, 0.3) is 0 Å². The molecule has 0 aliphatic heterocycles. The highest BCUT2D eigenvalue weighted by Gasteiger charge is 2.51. The lowest BCUT2D eigenvalue weighted by molar-refractivity contribution is -0.121. The minimum atomic E-state index is -0.116. The first-order valence-electron chi connectivity index (χ1n) is 9.32. The van der Waals surface area contributed by atoms with E-state index in [0.29, 0.717) is 19.6 Å². The molecule has 0 aromatic heterocycles. The molecule has 1 atom stereocenters. The van der Waals surface area contributed by atoms with E-state index in [-0.39, 0.29) is 23.5 Å². The number of rotatable bonds is 7. The molecule has 136 valence electrons. The van der Waals surface area contributed by atoms with Crippen LogP contribution in [0.1, 0.15) is 51.9 Å². The van der Waals surface area contributed by atoms with Crippen LogP contribution >= 0.6 is 0 Å². The second-order valence-corrected chi connectivity index (χ2v) is 8.25. The maximum Gasteiger partial charge on any atom is 0.315 e. The molecule has 6 heteroatoms. The summed E-state index contributed by atoms with van der Waals surface area (Å²) in [5, 5.41) is 8.95. The Morgan fingerprint density at radius 1 is 1.12 bits per heavy atom. The molecular formula is C18H31N3O3. The summed E-state index contributed by atoms with van der Waals surface area (Å²) in [7, 11) is 1.61. The van der Waals surface area contributed by atoms with Gasteiger partial charge in [0.25, 0.3) is 0 Å². The van der Waals surface area contributed by atoms with Gasteiger partial charge in [-0.1, -0.05) is 0 Å². The van der Waals surface area contributed by atoms with Crippen molar-refractivity contribution in [1.29, 1.82) is 0 Å². The summed E-state index contributed by atoms with van der Waals surface area (Å²) >= 11 is 0. The first kappa shape index (κ1) is 17.5. The number of amides is 3. The molecule has 4 fully saturated rings. The average molecular weight is 337 g/mol. The van der Waals surface area contributed by atoms with Crippen LogP contribution < -0.4 is 16.0 Å². The fourth-order valence-electron chi connectivity index (χ4n) is 5.48. The van der Waals surface area contributed by atoms with E-state index in [1.54, 1.807) is 7.11 Å². The highest BCUT2D eigenvalue weighted by atomic mass is 16.5. The molecule has 4 bridgehead atoms. The van der Waals surface area contributed by atoms with Crippen molar-refractivity contribution in [2.75, 3.05) is 20.3 Å². The van der Waals surface area contributed by atoms with E-state index in [1.807, 2.05) is 6.92 Å². The number of ether oxygens (including phenoxy) is 1. The summed E-state index contributed by atoms with van der Waals surface area (Å²) in [5.41, 5.74) is 0.0219. The molecule has 4 rings (SSSR count). The predicted molar refractivity (Wildman–Crippen MR) is 91.5 cm³/mol. The molecule has 1 unspecified atom stereocenters. The van der Waals surface area contributed by atoms with Gasteiger partial charge in [-0.15, -0.1) is 0 Å². The third kappa shape index (κ3) is 4.21. The van der Waals surface area contributed by atoms with Crippen LogP contribution in [0.15, 0.2) is 0 Å². The molecular weight excluding hydrogens is 306 g/mol. The van der Waals surface area contributed by atoms with Crippen LogP contribution in [0.4, 0.5) is 4.79 Å². The zero-order valence-corrected chi connectivity index (χ0v) is 14.9. The summed E-state index contributed by atoms with van der Waals surface area (Å²) in [6.07, 6.45) is 7.81. The monoisotopic (exact) mass is 337 g/mol. The molecule has 0 radical (unpaired) electrons. The van der Waals surface area contributed by atoms with E-state index < -0.39 is 0 Å². The Balaban J connectivity index is 1.38. The minimum Gasteiger partial charge on any atom is -0.383 e. The molecule has 0 saturated heterocycles. The van der Waals surface area contributed by atoms with Gasteiger partial charge < -0.3 is 20.7 Å². The van der Waals surface area contributed by atoms with Gasteiger partial charge in [0.2, 0.25) is 5.91 Å². The minimum absolute atomic E-state index is 0.0108. The molecule has 6 nitrogen and oxygen atoms in total. The summed E-state index contributed by atoms with van der Waals surface area (Å²) in [6.45, 7) is 2.75. The van der Waals surface area contributed by atoms with Gasteiger partial charge in [0, 0.05) is 31.7 Å². The lowest BCUT2D eigenvalue weighted by Gasteiger charge is -2.56. The highest BCUT2D eigenvalue weighted by Crippen LogP contribution is 2.55. The summed E-state index contributed by atoms with van der Waals surface area (Å²) in [6, 6.07) is -0.127. The molecule has 0 aromatic carbocycles. The normalized spacial score (nSPS) is 34.7. The van der Waals surface area contributed by atoms with Crippen molar-refractivity contribution in [3.05, 3.63) is 0 Å². The van der Waals surface area contributed by atoms with Crippen molar-refractivity contribution in [3.63, 3.8) is 0 Å². The third-order valence-corrected chi connectivity index (χ3v) is 5.88. The van der Waals surface area contributed by atoms with Gasteiger partial charge in [-0.25, -0.2) is 4.79 Å². The standard InChI is InChI=1S/C18H31N3O3/c1-12(11-24-2)20-16(22)3-4-19-17(23)21-18-8-13-5-14(9-18)7-15(6-13)10-18/h12-15H,3-11H2,1-2H3,(H,20,22)(H2,19,21,23). The van der Waals surface area contributed by atoms with Crippen LogP contribution in [-0.2, 0) is 9.53 Å². The summed E-state index contributed by atoms with van der Waals surface area (Å²) in [4.78, 5) is 24.0. The van der Waals surface area contributed by atoms with E-state index in [2.05, 4.69) is 16.0 Å². The number of urea groups is 1. The quantitative estimate of drug-likeness (QED) is 0.663. The second kappa shape index (κ2) is 7.30. The lowest BCUT2D eigenvalue weighted by atomic mass is 9.53. The van der Waals surface area contributed by atoms with Crippen molar-refractivity contribution in [2.24, 2.45) is 17.8 Å². The van der Waals surface area contributed by atoms with Crippen molar-refractivity contribution >= 4 is 11.9 Å². The van der Waals surface area contributed by atoms with E-state index >= 15 is 0 Å². The number of carbonyl (C=O) groups excluding carboxylic acids is 2. The Morgan fingerprint density at radius 3 is 2.25 bits per heavy atom. The van der Waals surface area contributed by atoms with Crippen molar-refractivity contribution in [1.82, 2.24) is 16.0 Å². The van der Waals surface area contributed by atoms with Crippen molar-refractivity contribution in [3.8, 4) is 0 Å². The number of nitrogens with one attached hydrogen (secondary N) is 3. The number of hydrogen-bond donors (Lipinski definition) is 3. The Hall–Kier alpha value is -1.30. The number of carbonyl (C=O) groups is 2. The average Bonchev–Trinajstić information content (AvgIpc) is 2.45. The molecule has 4 saturated carbocycles. The van der Waals surface area contributed by atoms with Crippen LogP contribution in [0.2, 0.25) is 0 Å². The van der Waals surface area contributed by atoms with Gasteiger partial charge in [-0.05, 0) is 63.2 Å². The highest BCUT2D eigenvalue weighted by molar-refractivity contribution is 5.78. The van der Waals surface area contributed by atoms with Crippen molar-refractivity contribution < 1.29 is 14.3 Å². The maximum atomic E-state index is 12.3. The first-order chi connectivity index (χ1) is 11.5. The Bertz CT molecular complexity index is 445. The van der Waals surface area contributed by atoms with E-state index in [9.17, 15) is 9.59 Å². The van der Waals surface area contributed by atoms with E-state index in [0.717, 1.165) is 37.0 Å². The lowest BCUT2D eigenvalue weighted by Crippen LogP contribution is -2.61. The maximum absolute atomic E-state index is 12.3. The van der Waals surface area contributed by atoms with Gasteiger partial charge in [0.05, 0.1) is 6.61 Å². The molecule has 0 heterocycles. The molecule has 4 aliphatic carbocycles. The summed E-state index contributed by atoms with van der Waals surface area (Å²) in [5.74, 6) is 2.37. The summed E-state index contributed by atoms with van der Waals surface area (Å²) < 4.78 is 4.99. The molecule has 4 aliphatic rings. The fourth-order valence-corrected chi connectivity index (χ4v) is 5.48. The zero-order valence-electron chi connectivity index (χ0n) is 14.9. The fraction of sp³-hybridized carbons (Fsp3) is 0.889. The van der Waals surface area contributed by atoms with Crippen molar-refractivity contribution in [2.45, 2.75) is 63.5 Å². The Labute approximate surface area is 144 Å². The third-order valence-electron chi connectivity index (χ3n) is 5.88. The largest absolute Gasteiger partial charge is 0.383 e. The van der Waals surface area contributed by atoms with Gasteiger partial charge in [-0.2, -0.15) is 0 Å². The Kier molecular flexibility index (Phi) is 5.33. The van der Waals surface area contributed by atoms with E-state index in [1.165, 1.54) is 19.3 Å². The Morgan fingerprint density at radius 2 is 1.71 bits per heavy atom. The predicted octanol–water partition coefficient (Wildman–Crippen LogP) is 1.80. The first-order valence-corrected chi connectivity index (χ1v) is 9.32. The molecule has 0 aromatic rings. The van der Waals surface area contributed by atoms with E-state index in [4.69, 9.17) is 4.74 Å². The molecule has 3 N–H and O–H groups in total. The number of hydrogen-bond acceptors (Lipinski definition) is 3. The zero-order chi connectivity index (χ0) is 17.2. The SMILES string of the molecule is COCC(C)NC(=O)CCNC(=O)NC12CC3CC(CC(C3)C1)C2. The van der Waals surface area contributed by atoms with Crippen LogP contribution in [0, 0.1) is 17.8 Å². The van der Waals surface area contributed by atoms with Gasteiger partial charge in [0.1, 0.15) is 0 Å². The van der Waals surface area contributed by atoms with Gasteiger partial charge in [-0.3, -0.25) is 4.79 Å². The number of methoxy groups -OCH3 is 1. The van der Waals surface area contributed by atoms with Crippen LogP contribution in [0.5, 0.6) is 0 Å². The molecule has 3 amide bonds. The molecule has 24 heavy (non-hydrogen) atoms. The topological polar surface area (TPSA) is 79.5 Å². The van der Waals surface area contributed by atoms with Crippen LogP contribution in [-0.4, -0.2) is 43.8 Å². The van der Waals surface area contributed by atoms with Crippen LogP contribution in [0.3, 0.4) is 0 Å². The van der Waals surface area contributed by atoms with Gasteiger partial charge in [0.15, 0.2) is 0 Å². The smallest absolute Gasteiger partial charge is 0.315 e. The second-order valence-electron chi connectivity index (χ2n) is 8.25. The molecule has 0 spiro atoms.